The molecule has 1 amide bonds. The lowest BCUT2D eigenvalue weighted by Crippen LogP contribution is -2.49. The first-order chi connectivity index (χ1) is 13.1. The molecule has 5 heteroatoms. The molecule has 0 aromatic heterocycles. The van der Waals surface area contributed by atoms with Crippen molar-refractivity contribution in [1.29, 1.82) is 0 Å². The molecule has 27 heavy (non-hydrogen) atoms. The number of hydroxylamine groups is 2. The van der Waals surface area contributed by atoms with E-state index in [4.69, 9.17) is 9.57 Å². The first-order valence-electron chi connectivity index (χ1n) is 9.01. The van der Waals surface area contributed by atoms with E-state index in [2.05, 4.69) is 0 Å². The highest BCUT2D eigenvalue weighted by Gasteiger charge is 2.36. The second-order valence-electron chi connectivity index (χ2n) is 6.69. The summed E-state index contributed by atoms with van der Waals surface area (Å²) in [5.41, 5.74) is 1.73. The molecule has 0 spiro atoms. The van der Waals surface area contributed by atoms with Gasteiger partial charge in [0.15, 0.2) is 12.1 Å². The number of carbonyl (C=O) groups excluding carboxylic acids is 2. The molecule has 1 heterocycles. The number of hydrogen-bond acceptors (Lipinski definition) is 4. The third kappa shape index (κ3) is 4.44. The highest BCUT2D eigenvalue weighted by Crippen LogP contribution is 2.28. The molecular weight excluding hydrogens is 342 g/mol. The van der Waals surface area contributed by atoms with Crippen LogP contribution < -0.4 is 0 Å². The first kappa shape index (κ1) is 18.9. The van der Waals surface area contributed by atoms with Crippen molar-refractivity contribution in [2.24, 2.45) is 5.92 Å². The molecule has 0 bridgehead atoms. The molecule has 0 aliphatic carbocycles. The zero-order valence-corrected chi connectivity index (χ0v) is 15.4. The van der Waals surface area contributed by atoms with Crippen LogP contribution in [0.3, 0.4) is 0 Å². The lowest BCUT2D eigenvalue weighted by Gasteiger charge is -2.33. The van der Waals surface area contributed by atoms with Crippen molar-refractivity contribution in [3.05, 3.63) is 83.9 Å². The summed E-state index contributed by atoms with van der Waals surface area (Å²) >= 11 is 0. The van der Waals surface area contributed by atoms with E-state index < -0.39 is 18.1 Å². The van der Waals surface area contributed by atoms with Gasteiger partial charge in [-0.1, -0.05) is 80.6 Å². The van der Waals surface area contributed by atoms with E-state index in [0.29, 0.717) is 0 Å². The minimum Gasteiger partial charge on any atom is -0.451 e. The van der Waals surface area contributed by atoms with Crippen LogP contribution in [0.4, 0.5) is 0 Å². The monoisotopic (exact) mass is 365 g/mol. The fourth-order valence-electron chi connectivity index (χ4n) is 3.04. The van der Waals surface area contributed by atoms with E-state index in [0.717, 1.165) is 16.2 Å². The number of hydrogen-bond donors (Lipinski definition) is 0. The van der Waals surface area contributed by atoms with Crippen LogP contribution in [0.25, 0.3) is 0 Å². The van der Waals surface area contributed by atoms with Gasteiger partial charge in [0.25, 0.3) is 5.91 Å². The Bertz CT molecular complexity index is 762. The Hall–Kier alpha value is -2.92. The van der Waals surface area contributed by atoms with Gasteiger partial charge in [-0.05, 0) is 17.0 Å². The average Bonchev–Trinajstić information content (AvgIpc) is 2.69. The van der Waals surface area contributed by atoms with Crippen molar-refractivity contribution in [2.45, 2.75) is 26.0 Å². The van der Waals surface area contributed by atoms with E-state index in [-0.39, 0.29) is 18.4 Å². The molecule has 0 saturated heterocycles. The van der Waals surface area contributed by atoms with Crippen LogP contribution in [-0.4, -0.2) is 29.6 Å². The SMILES string of the molecule is CC(C)C(C(=O)OC(c1ccccc1)c1ccccc1)N1OCC=CC1=O. The number of benzene rings is 2. The molecule has 3 rings (SSSR count). The Morgan fingerprint density at radius 3 is 2.04 bits per heavy atom. The van der Waals surface area contributed by atoms with Crippen molar-refractivity contribution in [3.63, 3.8) is 0 Å². The van der Waals surface area contributed by atoms with Crippen LogP contribution in [-0.2, 0) is 19.2 Å². The van der Waals surface area contributed by atoms with Gasteiger partial charge in [0.05, 0.1) is 6.61 Å². The lowest BCUT2D eigenvalue weighted by molar-refractivity contribution is -0.209. The van der Waals surface area contributed by atoms with Gasteiger partial charge in [0, 0.05) is 6.08 Å². The number of esters is 1. The molecule has 2 aromatic rings. The number of amides is 1. The van der Waals surface area contributed by atoms with Gasteiger partial charge in [-0.2, -0.15) is 0 Å². The molecule has 5 nitrogen and oxygen atoms in total. The van der Waals surface area contributed by atoms with Gasteiger partial charge in [-0.3, -0.25) is 9.63 Å². The van der Waals surface area contributed by atoms with Gasteiger partial charge in [0.1, 0.15) is 0 Å². The topological polar surface area (TPSA) is 55.8 Å². The molecule has 1 unspecified atom stereocenters. The highest BCUT2D eigenvalue weighted by atomic mass is 16.7. The Morgan fingerprint density at radius 2 is 1.56 bits per heavy atom. The summed E-state index contributed by atoms with van der Waals surface area (Å²) < 4.78 is 5.91. The van der Waals surface area contributed by atoms with E-state index in [1.54, 1.807) is 6.08 Å². The first-order valence-corrected chi connectivity index (χ1v) is 9.01. The summed E-state index contributed by atoms with van der Waals surface area (Å²) in [6, 6.07) is 18.3. The van der Waals surface area contributed by atoms with E-state index >= 15 is 0 Å². The molecule has 0 radical (unpaired) electrons. The number of carbonyl (C=O) groups is 2. The van der Waals surface area contributed by atoms with E-state index in [9.17, 15) is 9.59 Å². The Balaban J connectivity index is 1.89. The minimum atomic E-state index is -0.822. The highest BCUT2D eigenvalue weighted by molar-refractivity contribution is 5.91. The maximum atomic E-state index is 13.1. The van der Waals surface area contributed by atoms with Crippen LogP contribution in [0.1, 0.15) is 31.1 Å². The zero-order chi connectivity index (χ0) is 19.2. The molecular formula is C22H23NO4. The summed E-state index contributed by atoms with van der Waals surface area (Å²) in [5, 5.41) is 1.13. The van der Waals surface area contributed by atoms with Crippen molar-refractivity contribution < 1.29 is 19.2 Å². The molecule has 1 atom stereocenters. The Kier molecular flexibility index (Phi) is 6.04. The van der Waals surface area contributed by atoms with Gasteiger partial charge < -0.3 is 4.74 Å². The molecule has 0 fully saturated rings. The number of nitrogens with zero attached hydrogens (tertiary/aromatic N) is 1. The predicted molar refractivity (Wildman–Crippen MR) is 101 cm³/mol. The van der Waals surface area contributed by atoms with Crippen LogP contribution >= 0.6 is 0 Å². The Morgan fingerprint density at radius 1 is 1.00 bits per heavy atom. The van der Waals surface area contributed by atoms with Crippen molar-refractivity contribution in [3.8, 4) is 0 Å². The quantitative estimate of drug-likeness (QED) is 0.733. The second kappa shape index (κ2) is 8.64. The summed E-state index contributed by atoms with van der Waals surface area (Å²) in [6.07, 6.45) is 2.48. The maximum Gasteiger partial charge on any atom is 0.332 e. The maximum absolute atomic E-state index is 13.1. The summed E-state index contributed by atoms with van der Waals surface area (Å²) in [5.74, 6) is -1.01. The van der Waals surface area contributed by atoms with E-state index in [1.807, 2.05) is 74.5 Å². The summed E-state index contributed by atoms with van der Waals surface area (Å²) in [4.78, 5) is 30.7. The smallest absolute Gasteiger partial charge is 0.332 e. The normalized spacial score (nSPS) is 15.3. The summed E-state index contributed by atoms with van der Waals surface area (Å²) in [6.45, 7) is 3.98. The molecule has 2 aromatic carbocycles. The van der Waals surface area contributed by atoms with Crippen LogP contribution in [0, 0.1) is 5.92 Å². The van der Waals surface area contributed by atoms with Crippen LogP contribution in [0.2, 0.25) is 0 Å². The molecule has 140 valence electrons. The third-order valence-corrected chi connectivity index (χ3v) is 4.35. The molecule has 1 aliphatic rings. The zero-order valence-electron chi connectivity index (χ0n) is 15.4. The van der Waals surface area contributed by atoms with Gasteiger partial charge in [-0.15, -0.1) is 0 Å². The van der Waals surface area contributed by atoms with Crippen molar-refractivity contribution in [2.75, 3.05) is 6.61 Å². The average molecular weight is 365 g/mol. The van der Waals surface area contributed by atoms with Crippen LogP contribution in [0.15, 0.2) is 72.8 Å². The van der Waals surface area contributed by atoms with Gasteiger partial charge in [-0.25, -0.2) is 9.86 Å². The molecule has 0 N–H and O–H groups in total. The fraction of sp³-hybridized carbons (Fsp3) is 0.273. The molecule has 0 saturated carbocycles. The second-order valence-corrected chi connectivity index (χ2v) is 6.69. The largest absolute Gasteiger partial charge is 0.451 e. The van der Waals surface area contributed by atoms with Crippen LogP contribution in [0.5, 0.6) is 0 Å². The standard InChI is InChI=1S/C22H23NO4/c1-16(2)20(23-19(24)14-9-15-26-23)22(25)27-21(17-10-5-3-6-11-17)18-12-7-4-8-13-18/h3-14,16,20-21H,15H2,1-2H3. The summed E-state index contributed by atoms with van der Waals surface area (Å²) in [7, 11) is 0. The predicted octanol–water partition coefficient (Wildman–Crippen LogP) is 3.67. The number of rotatable bonds is 6. The van der Waals surface area contributed by atoms with Crippen molar-refractivity contribution >= 4 is 11.9 Å². The third-order valence-electron chi connectivity index (χ3n) is 4.35. The van der Waals surface area contributed by atoms with Crippen molar-refractivity contribution in [1.82, 2.24) is 5.06 Å². The van der Waals surface area contributed by atoms with E-state index in [1.165, 1.54) is 6.08 Å². The van der Waals surface area contributed by atoms with Gasteiger partial charge >= 0.3 is 5.97 Å². The molecule has 1 aliphatic heterocycles. The fourth-order valence-corrected chi connectivity index (χ4v) is 3.04. The number of ether oxygens (including phenoxy) is 1. The minimum absolute atomic E-state index is 0.167. The lowest BCUT2D eigenvalue weighted by atomic mass is 10.00. The Labute approximate surface area is 159 Å². The van der Waals surface area contributed by atoms with Gasteiger partial charge in [0.2, 0.25) is 0 Å².